The summed E-state index contributed by atoms with van der Waals surface area (Å²) in [4.78, 5) is 13.9. The van der Waals surface area contributed by atoms with Gasteiger partial charge < -0.3 is 5.73 Å². The van der Waals surface area contributed by atoms with Crippen molar-refractivity contribution in [3.05, 3.63) is 77.6 Å². The maximum Gasteiger partial charge on any atom is 0.220 e. The van der Waals surface area contributed by atoms with Crippen LogP contribution in [0.1, 0.15) is 35.8 Å². The van der Waals surface area contributed by atoms with E-state index in [0.29, 0.717) is 6.54 Å². The molecule has 2 heterocycles. The molecule has 1 atom stereocenters. The van der Waals surface area contributed by atoms with Crippen molar-refractivity contribution in [3.63, 3.8) is 0 Å². The van der Waals surface area contributed by atoms with Gasteiger partial charge in [-0.15, -0.1) is 5.10 Å². The number of nitrogens with two attached hydrogens (primary N) is 1. The van der Waals surface area contributed by atoms with Gasteiger partial charge in [0.25, 0.3) is 0 Å². The number of aromatic nitrogens is 4. The molecule has 2 aromatic carbocycles. The van der Waals surface area contributed by atoms with Crippen LogP contribution in [0.25, 0.3) is 0 Å². The van der Waals surface area contributed by atoms with Gasteiger partial charge in [0.2, 0.25) is 5.91 Å². The summed E-state index contributed by atoms with van der Waals surface area (Å²) in [5, 5.41) is 12.6. The van der Waals surface area contributed by atoms with Crippen molar-refractivity contribution in [1.82, 2.24) is 25.1 Å². The molecule has 28 heavy (non-hydrogen) atoms. The standard InChI is InChI=1S/C21H24N6O/c22-20(28)18-11-13-26(14-12-18)19(17-9-5-2-6-10-17)21-23-24-25-27(21)15-16-7-3-1-4-8-16/h1-10,18-19H,11-15H2,(H2,22,28). The van der Waals surface area contributed by atoms with Crippen LogP contribution in [-0.4, -0.2) is 44.1 Å². The molecule has 1 aromatic heterocycles. The molecule has 1 aliphatic heterocycles. The maximum absolute atomic E-state index is 11.6. The summed E-state index contributed by atoms with van der Waals surface area (Å²) in [7, 11) is 0. The Labute approximate surface area is 164 Å². The van der Waals surface area contributed by atoms with Crippen LogP contribution in [0.2, 0.25) is 0 Å². The second-order valence-corrected chi connectivity index (χ2v) is 7.21. The second-order valence-electron chi connectivity index (χ2n) is 7.21. The van der Waals surface area contributed by atoms with Gasteiger partial charge in [0, 0.05) is 5.92 Å². The van der Waals surface area contributed by atoms with E-state index in [1.165, 1.54) is 0 Å². The highest BCUT2D eigenvalue weighted by Crippen LogP contribution is 2.31. The highest BCUT2D eigenvalue weighted by molar-refractivity contribution is 5.76. The van der Waals surface area contributed by atoms with Gasteiger partial charge in [-0.25, -0.2) is 4.68 Å². The quantitative estimate of drug-likeness (QED) is 0.711. The van der Waals surface area contributed by atoms with E-state index in [1.54, 1.807) is 0 Å². The summed E-state index contributed by atoms with van der Waals surface area (Å²) in [6, 6.07) is 20.4. The highest BCUT2D eigenvalue weighted by Gasteiger charge is 2.32. The van der Waals surface area contributed by atoms with Gasteiger partial charge in [-0.3, -0.25) is 9.69 Å². The highest BCUT2D eigenvalue weighted by atomic mass is 16.1. The Kier molecular flexibility index (Phi) is 5.43. The fourth-order valence-corrected chi connectivity index (χ4v) is 3.88. The van der Waals surface area contributed by atoms with Crippen molar-refractivity contribution >= 4 is 5.91 Å². The molecule has 0 aliphatic carbocycles. The van der Waals surface area contributed by atoms with E-state index in [4.69, 9.17) is 5.73 Å². The minimum atomic E-state index is -0.204. The van der Waals surface area contributed by atoms with Crippen LogP contribution >= 0.6 is 0 Å². The molecule has 2 N–H and O–H groups in total. The summed E-state index contributed by atoms with van der Waals surface area (Å²) in [6.45, 7) is 2.18. The molecule has 0 bridgehead atoms. The van der Waals surface area contributed by atoms with E-state index in [2.05, 4.69) is 44.7 Å². The summed E-state index contributed by atoms with van der Waals surface area (Å²) in [5.74, 6) is 0.561. The number of hydrogen-bond donors (Lipinski definition) is 1. The van der Waals surface area contributed by atoms with Crippen molar-refractivity contribution in [2.24, 2.45) is 11.7 Å². The smallest absolute Gasteiger partial charge is 0.220 e. The van der Waals surface area contributed by atoms with E-state index in [9.17, 15) is 4.79 Å². The lowest BCUT2D eigenvalue weighted by molar-refractivity contribution is -0.123. The topological polar surface area (TPSA) is 89.9 Å². The van der Waals surface area contributed by atoms with Gasteiger partial charge >= 0.3 is 0 Å². The third-order valence-corrected chi connectivity index (χ3v) is 5.39. The van der Waals surface area contributed by atoms with E-state index in [0.717, 1.165) is 42.9 Å². The van der Waals surface area contributed by atoms with Gasteiger partial charge in [-0.1, -0.05) is 60.7 Å². The first-order valence-electron chi connectivity index (χ1n) is 9.60. The molecule has 0 radical (unpaired) electrons. The predicted octanol–water partition coefficient (Wildman–Crippen LogP) is 2.01. The van der Waals surface area contributed by atoms with Crippen LogP contribution in [0, 0.1) is 5.92 Å². The number of nitrogens with zero attached hydrogens (tertiary/aromatic N) is 5. The first kappa shape index (κ1) is 18.3. The van der Waals surface area contributed by atoms with Gasteiger partial charge in [-0.05, 0) is 47.5 Å². The second kappa shape index (κ2) is 8.31. The average Bonchev–Trinajstić information content (AvgIpc) is 3.18. The van der Waals surface area contributed by atoms with Crippen LogP contribution in [0.5, 0.6) is 0 Å². The number of carbonyl (C=O) groups is 1. The van der Waals surface area contributed by atoms with Crippen molar-refractivity contribution in [2.75, 3.05) is 13.1 Å². The number of tetrazole rings is 1. The number of amides is 1. The first-order valence-corrected chi connectivity index (χ1v) is 9.60. The van der Waals surface area contributed by atoms with Crippen LogP contribution < -0.4 is 5.73 Å². The Balaban J connectivity index is 1.64. The number of piperidine rings is 1. The van der Waals surface area contributed by atoms with Gasteiger partial charge in [0.1, 0.15) is 0 Å². The molecular formula is C21H24N6O. The molecule has 144 valence electrons. The molecule has 1 unspecified atom stereocenters. The summed E-state index contributed by atoms with van der Waals surface area (Å²) in [6.07, 6.45) is 1.53. The van der Waals surface area contributed by atoms with E-state index in [1.807, 2.05) is 41.1 Å². The molecule has 1 amide bonds. The molecule has 7 nitrogen and oxygen atoms in total. The van der Waals surface area contributed by atoms with Crippen molar-refractivity contribution in [2.45, 2.75) is 25.4 Å². The zero-order valence-electron chi connectivity index (χ0n) is 15.7. The van der Waals surface area contributed by atoms with Crippen LogP contribution in [0.3, 0.4) is 0 Å². The molecule has 0 spiro atoms. The molecule has 0 saturated carbocycles. The Morgan fingerprint density at radius 1 is 1.04 bits per heavy atom. The number of rotatable bonds is 6. The molecule has 1 aliphatic rings. The number of carbonyl (C=O) groups excluding carboxylic acids is 1. The van der Waals surface area contributed by atoms with Crippen molar-refractivity contribution < 1.29 is 4.79 Å². The third-order valence-electron chi connectivity index (χ3n) is 5.39. The Bertz CT molecular complexity index is 903. The summed E-state index contributed by atoms with van der Waals surface area (Å²) >= 11 is 0. The molecule has 7 heteroatoms. The first-order chi connectivity index (χ1) is 13.7. The number of primary amides is 1. The van der Waals surface area contributed by atoms with Crippen LogP contribution in [0.15, 0.2) is 60.7 Å². The Hall–Kier alpha value is -3.06. The lowest BCUT2D eigenvalue weighted by Crippen LogP contribution is -2.41. The lowest BCUT2D eigenvalue weighted by Gasteiger charge is -2.36. The Morgan fingerprint density at radius 3 is 2.32 bits per heavy atom. The minimum Gasteiger partial charge on any atom is -0.369 e. The molecule has 4 rings (SSSR count). The van der Waals surface area contributed by atoms with E-state index < -0.39 is 0 Å². The van der Waals surface area contributed by atoms with E-state index in [-0.39, 0.29) is 17.9 Å². The maximum atomic E-state index is 11.6. The van der Waals surface area contributed by atoms with Crippen molar-refractivity contribution in [1.29, 1.82) is 0 Å². The number of likely N-dealkylation sites (tertiary alicyclic amines) is 1. The molecule has 1 saturated heterocycles. The van der Waals surface area contributed by atoms with Crippen molar-refractivity contribution in [3.8, 4) is 0 Å². The van der Waals surface area contributed by atoms with Crippen LogP contribution in [0.4, 0.5) is 0 Å². The molecule has 1 fully saturated rings. The number of benzene rings is 2. The minimum absolute atomic E-state index is 0.0482. The van der Waals surface area contributed by atoms with Gasteiger partial charge in [-0.2, -0.15) is 0 Å². The largest absolute Gasteiger partial charge is 0.369 e. The fourth-order valence-electron chi connectivity index (χ4n) is 3.88. The monoisotopic (exact) mass is 376 g/mol. The Morgan fingerprint density at radius 2 is 1.68 bits per heavy atom. The normalized spacial score (nSPS) is 16.7. The molecular weight excluding hydrogens is 352 g/mol. The average molecular weight is 376 g/mol. The van der Waals surface area contributed by atoms with Crippen LogP contribution in [-0.2, 0) is 11.3 Å². The zero-order chi connectivity index (χ0) is 19.3. The van der Waals surface area contributed by atoms with E-state index >= 15 is 0 Å². The third kappa shape index (κ3) is 3.94. The molecule has 3 aromatic rings. The summed E-state index contributed by atoms with van der Waals surface area (Å²) < 4.78 is 1.87. The SMILES string of the molecule is NC(=O)C1CCN(C(c2ccccc2)c2nnnn2Cc2ccccc2)CC1. The number of hydrogen-bond acceptors (Lipinski definition) is 5. The van der Waals surface area contributed by atoms with Gasteiger partial charge in [0.05, 0.1) is 12.6 Å². The zero-order valence-corrected chi connectivity index (χ0v) is 15.7. The fraction of sp³-hybridized carbons (Fsp3) is 0.333. The predicted molar refractivity (Wildman–Crippen MR) is 105 cm³/mol. The lowest BCUT2D eigenvalue weighted by atomic mass is 9.93. The van der Waals surface area contributed by atoms with Gasteiger partial charge in [0.15, 0.2) is 5.82 Å². The summed E-state index contributed by atoms with van der Waals surface area (Å²) in [5.41, 5.74) is 7.80.